The first-order valence-corrected chi connectivity index (χ1v) is 6.84. The van der Waals surface area contributed by atoms with Crippen LogP contribution in [0.15, 0.2) is 73.3 Å². The molecule has 21 heavy (non-hydrogen) atoms. The van der Waals surface area contributed by atoms with Gasteiger partial charge < -0.3 is 9.47 Å². The molecule has 3 rings (SSSR count). The van der Waals surface area contributed by atoms with Crippen molar-refractivity contribution < 1.29 is 14.3 Å². The van der Waals surface area contributed by atoms with Gasteiger partial charge in [-0.2, -0.15) is 0 Å². The highest BCUT2D eigenvalue weighted by Crippen LogP contribution is 2.17. The maximum atomic E-state index is 10.4. The molecule has 0 amide bonds. The molecule has 1 atom stereocenters. The molecule has 1 saturated heterocycles. The molecular formula is C18H18O3. The second kappa shape index (κ2) is 8.02. The molecule has 1 heterocycles. The minimum Gasteiger partial charge on any atom is -0.433 e. The fourth-order valence-corrected chi connectivity index (χ4v) is 1.75. The molecule has 1 unspecified atom stereocenters. The predicted molar refractivity (Wildman–Crippen MR) is 82.5 cm³/mol. The number of hydrogen-bond donors (Lipinski definition) is 0. The number of benzene rings is 2. The minimum atomic E-state index is -0.417. The van der Waals surface area contributed by atoms with E-state index in [1.807, 2.05) is 12.1 Å². The Balaban J connectivity index is 0.000000161. The van der Waals surface area contributed by atoms with E-state index >= 15 is 0 Å². The molecule has 0 radical (unpaired) electrons. The molecule has 0 saturated carbocycles. The molecule has 3 nitrogen and oxygen atoms in total. The van der Waals surface area contributed by atoms with Crippen LogP contribution in [-0.2, 0) is 14.3 Å². The minimum absolute atomic E-state index is 0.310. The maximum absolute atomic E-state index is 10.4. The van der Waals surface area contributed by atoms with Crippen LogP contribution in [0.4, 0.5) is 0 Å². The fraction of sp³-hybridized carbons (Fsp3) is 0.167. The summed E-state index contributed by atoms with van der Waals surface area (Å²) >= 11 is 0. The van der Waals surface area contributed by atoms with Crippen molar-refractivity contribution in [3.05, 3.63) is 73.3 Å². The van der Waals surface area contributed by atoms with Crippen molar-refractivity contribution in [3.8, 4) is 11.1 Å². The van der Waals surface area contributed by atoms with Gasteiger partial charge >= 0.3 is 5.97 Å². The molecule has 0 N–H and O–H groups in total. The third-order valence-corrected chi connectivity index (χ3v) is 2.95. The van der Waals surface area contributed by atoms with Gasteiger partial charge in [-0.15, -0.1) is 0 Å². The van der Waals surface area contributed by atoms with Crippen LogP contribution < -0.4 is 0 Å². The summed E-state index contributed by atoms with van der Waals surface area (Å²) in [7, 11) is 0. The van der Waals surface area contributed by atoms with Gasteiger partial charge in [-0.3, -0.25) is 0 Å². The van der Waals surface area contributed by atoms with E-state index in [4.69, 9.17) is 4.74 Å². The third-order valence-electron chi connectivity index (χ3n) is 2.95. The van der Waals surface area contributed by atoms with Crippen LogP contribution >= 0.6 is 0 Å². The van der Waals surface area contributed by atoms with Crippen molar-refractivity contribution >= 4 is 5.97 Å². The Kier molecular flexibility index (Phi) is 5.73. The van der Waals surface area contributed by atoms with Crippen LogP contribution in [0.1, 0.15) is 6.42 Å². The Morgan fingerprint density at radius 2 is 1.52 bits per heavy atom. The van der Waals surface area contributed by atoms with Crippen molar-refractivity contribution in [1.82, 2.24) is 0 Å². The molecule has 0 spiro atoms. The average Bonchev–Trinajstić information content (AvgIpc) is 2.53. The number of hydrogen-bond acceptors (Lipinski definition) is 3. The third kappa shape index (κ3) is 4.89. The van der Waals surface area contributed by atoms with Crippen LogP contribution in [-0.4, -0.2) is 18.9 Å². The lowest BCUT2D eigenvalue weighted by Gasteiger charge is -2.24. The normalized spacial score (nSPS) is 15.9. The highest BCUT2D eigenvalue weighted by molar-refractivity contribution is 5.81. The standard InChI is InChI=1S/C12H10.C6H8O3/c1-3-7-11(8-4-1)12-9-5-2-6-10-12;1-2-5(7)9-6-3-4-8-6/h1-10H;2,6H,1,3-4H2. The molecule has 1 aliphatic heterocycles. The lowest BCUT2D eigenvalue weighted by Crippen LogP contribution is -2.31. The molecule has 0 aliphatic carbocycles. The van der Waals surface area contributed by atoms with Crippen LogP contribution in [0.25, 0.3) is 11.1 Å². The van der Waals surface area contributed by atoms with Gasteiger partial charge in [0.1, 0.15) is 0 Å². The van der Waals surface area contributed by atoms with E-state index in [1.54, 1.807) is 0 Å². The molecule has 2 aromatic rings. The summed E-state index contributed by atoms with van der Waals surface area (Å²) in [5.74, 6) is -0.417. The largest absolute Gasteiger partial charge is 0.433 e. The van der Waals surface area contributed by atoms with Crippen molar-refractivity contribution in [3.63, 3.8) is 0 Å². The van der Waals surface area contributed by atoms with Gasteiger partial charge in [0.05, 0.1) is 6.61 Å². The summed E-state index contributed by atoms with van der Waals surface area (Å²) in [5.41, 5.74) is 2.55. The quantitative estimate of drug-likeness (QED) is 0.634. The Bertz CT molecular complexity index is 522. The topological polar surface area (TPSA) is 35.5 Å². The summed E-state index contributed by atoms with van der Waals surface area (Å²) < 4.78 is 9.47. The molecule has 0 bridgehead atoms. The lowest BCUT2D eigenvalue weighted by molar-refractivity contribution is -0.212. The van der Waals surface area contributed by atoms with Gasteiger partial charge in [0.15, 0.2) is 0 Å². The van der Waals surface area contributed by atoms with E-state index in [2.05, 4.69) is 59.8 Å². The first kappa shape index (κ1) is 15.0. The van der Waals surface area contributed by atoms with Gasteiger partial charge in [-0.25, -0.2) is 4.79 Å². The van der Waals surface area contributed by atoms with Crippen LogP contribution in [0.5, 0.6) is 0 Å². The Labute approximate surface area is 124 Å². The van der Waals surface area contributed by atoms with Crippen LogP contribution in [0, 0.1) is 0 Å². The first-order valence-electron chi connectivity index (χ1n) is 6.84. The Morgan fingerprint density at radius 3 is 1.86 bits per heavy atom. The number of ether oxygens (including phenoxy) is 2. The summed E-state index contributed by atoms with van der Waals surface area (Å²) in [6.45, 7) is 3.93. The van der Waals surface area contributed by atoms with E-state index in [0.717, 1.165) is 12.5 Å². The summed E-state index contributed by atoms with van der Waals surface area (Å²) in [6.07, 6.45) is 1.62. The van der Waals surface area contributed by atoms with E-state index in [-0.39, 0.29) is 6.29 Å². The number of rotatable bonds is 3. The lowest BCUT2D eigenvalue weighted by atomic mass is 10.1. The second-order valence-electron chi connectivity index (χ2n) is 4.46. The summed E-state index contributed by atoms with van der Waals surface area (Å²) in [5, 5.41) is 0. The SMILES string of the molecule is C=CC(=O)OC1CCO1.c1ccc(-c2ccccc2)cc1. The van der Waals surface area contributed by atoms with Crippen molar-refractivity contribution in [1.29, 1.82) is 0 Å². The number of carbonyl (C=O) groups excluding carboxylic acids is 1. The number of esters is 1. The Hall–Kier alpha value is -2.39. The van der Waals surface area contributed by atoms with Crippen molar-refractivity contribution in [2.24, 2.45) is 0 Å². The smallest absolute Gasteiger partial charge is 0.332 e. The maximum Gasteiger partial charge on any atom is 0.332 e. The van der Waals surface area contributed by atoms with Gasteiger partial charge in [0.2, 0.25) is 6.29 Å². The first-order chi connectivity index (χ1) is 10.3. The summed E-state index contributed by atoms with van der Waals surface area (Å²) in [4.78, 5) is 10.4. The monoisotopic (exact) mass is 282 g/mol. The molecule has 1 fully saturated rings. The summed E-state index contributed by atoms with van der Waals surface area (Å²) in [6, 6.07) is 20.8. The van der Waals surface area contributed by atoms with Gasteiger partial charge in [0, 0.05) is 12.5 Å². The highest BCUT2D eigenvalue weighted by atomic mass is 16.7. The van der Waals surface area contributed by atoms with E-state index in [1.165, 1.54) is 11.1 Å². The van der Waals surface area contributed by atoms with Crippen molar-refractivity contribution in [2.45, 2.75) is 12.7 Å². The molecule has 3 heteroatoms. The second-order valence-corrected chi connectivity index (χ2v) is 4.46. The fourth-order valence-electron chi connectivity index (χ4n) is 1.75. The predicted octanol–water partition coefficient (Wildman–Crippen LogP) is 3.82. The zero-order valence-electron chi connectivity index (χ0n) is 11.8. The van der Waals surface area contributed by atoms with E-state index in [0.29, 0.717) is 6.61 Å². The van der Waals surface area contributed by atoms with Crippen LogP contribution in [0.2, 0.25) is 0 Å². The van der Waals surface area contributed by atoms with Crippen LogP contribution in [0.3, 0.4) is 0 Å². The molecule has 0 aromatic heterocycles. The average molecular weight is 282 g/mol. The highest BCUT2D eigenvalue weighted by Gasteiger charge is 2.20. The zero-order valence-corrected chi connectivity index (χ0v) is 11.8. The van der Waals surface area contributed by atoms with E-state index < -0.39 is 5.97 Å². The van der Waals surface area contributed by atoms with Gasteiger partial charge in [0.25, 0.3) is 0 Å². The zero-order chi connectivity index (χ0) is 14.9. The number of carbonyl (C=O) groups is 1. The Morgan fingerprint density at radius 1 is 1.05 bits per heavy atom. The van der Waals surface area contributed by atoms with Gasteiger partial charge in [-0.05, 0) is 11.1 Å². The molecule has 1 aliphatic rings. The van der Waals surface area contributed by atoms with Gasteiger partial charge in [-0.1, -0.05) is 67.2 Å². The van der Waals surface area contributed by atoms with E-state index in [9.17, 15) is 4.79 Å². The molecule has 108 valence electrons. The molecular weight excluding hydrogens is 264 g/mol. The molecule has 2 aromatic carbocycles. The van der Waals surface area contributed by atoms with Crippen molar-refractivity contribution in [2.75, 3.05) is 6.61 Å².